The van der Waals surface area contributed by atoms with E-state index < -0.39 is 0 Å². The molecular formula is C27H37N7O4. The van der Waals surface area contributed by atoms with Crippen molar-refractivity contribution in [3.63, 3.8) is 0 Å². The molecule has 1 atom stereocenters. The van der Waals surface area contributed by atoms with Crippen LogP contribution in [0, 0.1) is 0 Å². The van der Waals surface area contributed by atoms with Gasteiger partial charge >= 0.3 is 0 Å². The van der Waals surface area contributed by atoms with E-state index in [4.69, 9.17) is 5.73 Å². The van der Waals surface area contributed by atoms with Gasteiger partial charge in [-0.3, -0.25) is 23.9 Å². The normalized spacial score (nSPS) is 19.5. The number of fused-ring (bicyclic) bond motifs is 1. The Morgan fingerprint density at radius 3 is 2.68 bits per heavy atom. The minimum Gasteiger partial charge on any atom is -0.351 e. The van der Waals surface area contributed by atoms with E-state index in [-0.39, 0.29) is 62.3 Å². The highest BCUT2D eigenvalue weighted by Crippen LogP contribution is 2.24. The molecule has 2 aliphatic rings. The van der Waals surface area contributed by atoms with Gasteiger partial charge in [0.25, 0.3) is 5.91 Å². The number of hydrogen-bond acceptors (Lipinski definition) is 6. The molecule has 1 unspecified atom stereocenters. The van der Waals surface area contributed by atoms with Crippen molar-refractivity contribution < 1.29 is 19.2 Å². The van der Waals surface area contributed by atoms with E-state index in [2.05, 4.69) is 15.7 Å². The summed E-state index contributed by atoms with van der Waals surface area (Å²) in [5, 5.41) is 10.4. The van der Waals surface area contributed by atoms with Crippen LogP contribution in [0.15, 0.2) is 30.3 Å². The number of amides is 4. The summed E-state index contributed by atoms with van der Waals surface area (Å²) in [7, 11) is 1.82. The second-order valence-corrected chi connectivity index (χ2v) is 9.90. The summed E-state index contributed by atoms with van der Waals surface area (Å²) >= 11 is 0. The lowest BCUT2D eigenvalue weighted by molar-refractivity contribution is -0.136. The number of nitrogens with two attached hydrogens (primary N) is 1. The molecule has 11 heteroatoms. The predicted molar refractivity (Wildman–Crippen MR) is 141 cm³/mol. The van der Waals surface area contributed by atoms with Crippen LogP contribution in [0.3, 0.4) is 0 Å². The summed E-state index contributed by atoms with van der Waals surface area (Å²) in [6.07, 6.45) is 3.18. The zero-order valence-electron chi connectivity index (χ0n) is 21.9. The topological polar surface area (TPSA) is 143 Å². The van der Waals surface area contributed by atoms with Crippen LogP contribution >= 0.6 is 0 Å². The van der Waals surface area contributed by atoms with Crippen LogP contribution in [0.4, 0.5) is 0 Å². The standard InChI is InChI=1S/C27H37N7O4/c1-32-22-10-9-20-16-21(22)26(31-32)27(38)29-12-15-33(25(37)17-28)13-5-8-24(36)34(18-23(35)30-20)14-11-19-6-3-2-4-7-19/h2-4,6-7,20H,5,8-18,28H2,1H3,(H,29,38)(H,30,35). The van der Waals surface area contributed by atoms with E-state index >= 15 is 0 Å². The highest BCUT2D eigenvalue weighted by atomic mass is 16.2. The fourth-order valence-electron chi connectivity index (χ4n) is 5.20. The van der Waals surface area contributed by atoms with Crippen LogP contribution in [0.2, 0.25) is 0 Å². The first-order valence-electron chi connectivity index (χ1n) is 13.3. The van der Waals surface area contributed by atoms with Crippen molar-refractivity contribution >= 4 is 23.6 Å². The molecule has 4 rings (SSSR count). The maximum absolute atomic E-state index is 13.2. The molecule has 11 nitrogen and oxygen atoms in total. The molecule has 0 saturated heterocycles. The van der Waals surface area contributed by atoms with Gasteiger partial charge in [0, 0.05) is 56.9 Å². The van der Waals surface area contributed by atoms with Gasteiger partial charge in [-0.05, 0) is 37.7 Å². The lowest BCUT2D eigenvalue weighted by Crippen LogP contribution is -2.46. The van der Waals surface area contributed by atoms with Crippen molar-refractivity contribution in [2.45, 2.75) is 44.6 Å². The Hall–Kier alpha value is -3.73. The van der Waals surface area contributed by atoms with Gasteiger partial charge in [0.05, 0.1) is 13.1 Å². The molecule has 204 valence electrons. The smallest absolute Gasteiger partial charge is 0.272 e. The highest BCUT2D eigenvalue weighted by Gasteiger charge is 2.30. The van der Waals surface area contributed by atoms with Gasteiger partial charge in [0.15, 0.2) is 5.69 Å². The number of aryl methyl sites for hydroxylation is 1. The van der Waals surface area contributed by atoms with Gasteiger partial charge < -0.3 is 26.2 Å². The van der Waals surface area contributed by atoms with E-state index in [9.17, 15) is 19.2 Å². The van der Waals surface area contributed by atoms with Crippen molar-refractivity contribution in [3.05, 3.63) is 52.8 Å². The SMILES string of the molecule is Cn1nc2c3c1CCC(C3)NC(=O)CN(CCc1ccccc1)C(=O)CCCN(C(=O)CN)CCNC2=O. The van der Waals surface area contributed by atoms with Crippen LogP contribution in [-0.4, -0.2) is 88.5 Å². The zero-order chi connectivity index (χ0) is 27.1. The van der Waals surface area contributed by atoms with E-state index in [0.717, 1.165) is 23.2 Å². The maximum atomic E-state index is 13.2. The molecule has 0 radical (unpaired) electrons. The summed E-state index contributed by atoms with van der Waals surface area (Å²) in [5.41, 5.74) is 8.85. The summed E-state index contributed by atoms with van der Waals surface area (Å²) in [5.74, 6) is -0.906. The predicted octanol–water partition coefficient (Wildman–Crippen LogP) is -0.224. The number of nitrogens with zero attached hydrogens (tertiary/aromatic N) is 4. The van der Waals surface area contributed by atoms with Crippen LogP contribution in [0.25, 0.3) is 0 Å². The number of aromatic nitrogens is 2. The molecule has 1 aliphatic carbocycles. The first-order chi connectivity index (χ1) is 18.4. The molecule has 1 aromatic carbocycles. The van der Waals surface area contributed by atoms with E-state index in [0.29, 0.717) is 44.5 Å². The second-order valence-electron chi connectivity index (χ2n) is 9.90. The summed E-state index contributed by atoms with van der Waals surface area (Å²) in [4.78, 5) is 54.8. The van der Waals surface area contributed by atoms with Crippen LogP contribution in [-0.2, 0) is 40.7 Å². The Balaban J connectivity index is 1.54. The molecular weight excluding hydrogens is 486 g/mol. The molecule has 1 aromatic heterocycles. The Bertz CT molecular complexity index is 1160. The van der Waals surface area contributed by atoms with Crippen molar-refractivity contribution in [3.8, 4) is 0 Å². The molecule has 2 aromatic rings. The number of rotatable bonds is 4. The third kappa shape index (κ3) is 6.77. The number of nitrogens with one attached hydrogen (secondary N) is 2. The summed E-state index contributed by atoms with van der Waals surface area (Å²) in [6, 6.07) is 9.70. The van der Waals surface area contributed by atoms with Gasteiger partial charge in [0.1, 0.15) is 0 Å². The molecule has 2 heterocycles. The third-order valence-corrected chi connectivity index (χ3v) is 7.25. The fraction of sp³-hybridized carbons (Fsp3) is 0.519. The summed E-state index contributed by atoms with van der Waals surface area (Å²) in [6.45, 7) is 1.08. The monoisotopic (exact) mass is 523 g/mol. The summed E-state index contributed by atoms with van der Waals surface area (Å²) < 4.78 is 1.73. The molecule has 38 heavy (non-hydrogen) atoms. The molecule has 4 N–H and O–H groups in total. The van der Waals surface area contributed by atoms with E-state index in [1.807, 2.05) is 37.4 Å². The Kier molecular flexibility index (Phi) is 9.11. The number of carbonyl (C=O) groups is 4. The van der Waals surface area contributed by atoms with Crippen molar-refractivity contribution in [2.24, 2.45) is 12.8 Å². The highest BCUT2D eigenvalue weighted by molar-refractivity contribution is 5.94. The van der Waals surface area contributed by atoms with Gasteiger partial charge in [-0.1, -0.05) is 30.3 Å². The van der Waals surface area contributed by atoms with Gasteiger partial charge in [-0.2, -0.15) is 5.10 Å². The number of benzene rings is 1. The Labute approximate surface area is 222 Å². The minimum absolute atomic E-state index is 0.0408. The number of hydrogen-bond donors (Lipinski definition) is 3. The third-order valence-electron chi connectivity index (χ3n) is 7.25. The van der Waals surface area contributed by atoms with Crippen molar-refractivity contribution in [2.75, 3.05) is 39.3 Å². The maximum Gasteiger partial charge on any atom is 0.272 e. The largest absolute Gasteiger partial charge is 0.351 e. The second kappa shape index (κ2) is 12.7. The molecule has 0 saturated carbocycles. The van der Waals surface area contributed by atoms with Gasteiger partial charge in [0.2, 0.25) is 17.7 Å². The van der Waals surface area contributed by atoms with Crippen LogP contribution in [0.5, 0.6) is 0 Å². The molecule has 1 aliphatic heterocycles. The Morgan fingerprint density at radius 1 is 1.13 bits per heavy atom. The minimum atomic E-state index is -0.305. The van der Waals surface area contributed by atoms with Crippen molar-refractivity contribution in [1.29, 1.82) is 0 Å². The average molecular weight is 524 g/mol. The lowest BCUT2D eigenvalue weighted by atomic mass is 9.91. The molecule has 2 bridgehead atoms. The first kappa shape index (κ1) is 27.3. The molecule has 0 fully saturated rings. The molecule has 4 amide bonds. The van der Waals surface area contributed by atoms with Crippen LogP contribution in [0.1, 0.15) is 46.6 Å². The van der Waals surface area contributed by atoms with Gasteiger partial charge in [-0.15, -0.1) is 0 Å². The van der Waals surface area contributed by atoms with Crippen molar-refractivity contribution in [1.82, 2.24) is 30.2 Å². The lowest BCUT2D eigenvalue weighted by Gasteiger charge is -2.27. The average Bonchev–Trinajstić information content (AvgIpc) is 3.25. The fourth-order valence-corrected chi connectivity index (χ4v) is 5.20. The van der Waals surface area contributed by atoms with Gasteiger partial charge in [-0.25, -0.2) is 0 Å². The van der Waals surface area contributed by atoms with E-state index in [1.54, 1.807) is 14.5 Å². The quantitative estimate of drug-likeness (QED) is 0.506. The molecule has 0 spiro atoms. The first-order valence-corrected chi connectivity index (χ1v) is 13.3. The van der Waals surface area contributed by atoms with Crippen LogP contribution < -0.4 is 16.4 Å². The Morgan fingerprint density at radius 2 is 1.92 bits per heavy atom. The van der Waals surface area contributed by atoms with E-state index in [1.165, 1.54) is 0 Å². The number of carbonyl (C=O) groups excluding carboxylic acids is 4. The zero-order valence-corrected chi connectivity index (χ0v) is 21.9.